The van der Waals surface area contributed by atoms with Crippen LogP contribution in [0.25, 0.3) is 17.2 Å². The number of carbonyl (C=O) groups excluding carboxylic acids is 1. The van der Waals surface area contributed by atoms with Crippen LogP contribution in [-0.2, 0) is 16.2 Å². The second-order valence-corrected chi connectivity index (χ2v) is 10.9. The minimum atomic E-state index is -4.46. The van der Waals surface area contributed by atoms with Crippen molar-refractivity contribution in [2.45, 2.75) is 31.3 Å². The number of halogens is 3. The lowest BCUT2D eigenvalue weighted by atomic mass is 9.94. The van der Waals surface area contributed by atoms with E-state index in [1.54, 1.807) is 0 Å². The van der Waals surface area contributed by atoms with Crippen molar-refractivity contribution in [2.24, 2.45) is 11.8 Å². The molecule has 0 aliphatic carbocycles. The lowest BCUT2D eigenvalue weighted by Crippen LogP contribution is -2.42. The maximum Gasteiger partial charge on any atom is 0.416 e. The summed E-state index contributed by atoms with van der Waals surface area (Å²) < 4.78 is 67.8. The summed E-state index contributed by atoms with van der Waals surface area (Å²) in [6.45, 7) is 4.92. The Kier molecular flexibility index (Phi) is 6.74. The first-order chi connectivity index (χ1) is 16.4. The average Bonchev–Trinajstić information content (AvgIpc) is 3.20. The van der Waals surface area contributed by atoms with Crippen LogP contribution in [0.5, 0.6) is 0 Å². The molecule has 11 heteroatoms. The normalized spacial score (nSPS) is 19.9. The van der Waals surface area contributed by atoms with Crippen molar-refractivity contribution in [1.29, 1.82) is 0 Å². The number of aromatic nitrogens is 2. The number of hydrogen-bond donors (Lipinski definition) is 1. The summed E-state index contributed by atoms with van der Waals surface area (Å²) >= 11 is 0. The number of piperidine rings is 1. The van der Waals surface area contributed by atoms with Crippen molar-refractivity contribution in [3.8, 4) is 0 Å². The molecule has 186 valence electrons. The van der Waals surface area contributed by atoms with Gasteiger partial charge in [0.1, 0.15) is 0 Å². The fraction of sp³-hybridized carbons (Fsp3) is 0.333. The molecule has 1 aliphatic rings. The summed E-state index contributed by atoms with van der Waals surface area (Å²) in [7, 11) is -3.74. The van der Waals surface area contributed by atoms with Gasteiger partial charge in [-0.05, 0) is 54.7 Å². The van der Waals surface area contributed by atoms with Crippen molar-refractivity contribution < 1.29 is 26.4 Å². The van der Waals surface area contributed by atoms with Gasteiger partial charge < -0.3 is 9.88 Å². The standard InChI is InChI=1S/C24H25F3N4O3S/c1-16-10-17(2)14-31(13-16)35(33,34)20-5-3-4-18(11-20)23(32)28-8-9-30-15-29-21-12-19(24(25,26)27)6-7-22(21)30/h3-9,11-12,15-17H,10,13-14H2,1-2H3,(H,28,32)/b9-8+. The van der Waals surface area contributed by atoms with Crippen LogP contribution in [0.3, 0.4) is 0 Å². The molecule has 2 aromatic carbocycles. The molecule has 1 saturated heterocycles. The first kappa shape index (κ1) is 24.9. The molecule has 1 aliphatic heterocycles. The Bertz CT molecular complexity index is 1370. The fourth-order valence-electron chi connectivity index (χ4n) is 4.35. The predicted molar refractivity (Wildman–Crippen MR) is 126 cm³/mol. The molecular weight excluding hydrogens is 481 g/mol. The number of rotatable bonds is 5. The van der Waals surface area contributed by atoms with Crippen LogP contribution < -0.4 is 5.32 Å². The Morgan fingerprint density at radius 3 is 2.51 bits per heavy atom. The van der Waals surface area contributed by atoms with Crippen molar-refractivity contribution >= 4 is 33.2 Å². The number of benzene rings is 2. The number of imidazole rings is 1. The fourth-order valence-corrected chi connectivity index (χ4v) is 6.08. The van der Waals surface area contributed by atoms with E-state index in [1.165, 1.54) is 57.9 Å². The number of nitrogens with zero attached hydrogens (tertiary/aromatic N) is 3. The van der Waals surface area contributed by atoms with Crippen molar-refractivity contribution in [1.82, 2.24) is 19.2 Å². The summed E-state index contributed by atoms with van der Waals surface area (Å²) in [6, 6.07) is 9.05. The van der Waals surface area contributed by atoms with Crippen LogP contribution >= 0.6 is 0 Å². The Balaban J connectivity index is 1.48. The highest BCUT2D eigenvalue weighted by molar-refractivity contribution is 7.89. The molecule has 3 aromatic rings. The van der Waals surface area contributed by atoms with Gasteiger partial charge in [-0.15, -0.1) is 0 Å². The Morgan fingerprint density at radius 1 is 1.11 bits per heavy atom. The van der Waals surface area contributed by atoms with Gasteiger partial charge in [-0.3, -0.25) is 4.79 Å². The molecule has 35 heavy (non-hydrogen) atoms. The number of carbonyl (C=O) groups is 1. The minimum absolute atomic E-state index is 0.0523. The summed E-state index contributed by atoms with van der Waals surface area (Å²) in [6.07, 6.45) is 0.597. The molecule has 7 nitrogen and oxygen atoms in total. The Morgan fingerprint density at radius 2 is 1.83 bits per heavy atom. The van der Waals surface area contributed by atoms with E-state index in [0.29, 0.717) is 18.6 Å². The molecule has 2 heterocycles. The molecule has 2 unspecified atom stereocenters. The van der Waals surface area contributed by atoms with Crippen molar-refractivity contribution in [3.63, 3.8) is 0 Å². The molecule has 0 radical (unpaired) electrons. The first-order valence-electron chi connectivity index (χ1n) is 11.1. The van der Waals surface area contributed by atoms with Gasteiger partial charge in [0, 0.05) is 31.1 Å². The minimum Gasteiger partial charge on any atom is -0.327 e. The largest absolute Gasteiger partial charge is 0.416 e. The van der Waals surface area contributed by atoms with E-state index in [-0.39, 0.29) is 27.8 Å². The molecule has 0 bridgehead atoms. The number of sulfonamides is 1. The van der Waals surface area contributed by atoms with Gasteiger partial charge in [0.05, 0.1) is 27.8 Å². The van der Waals surface area contributed by atoms with Gasteiger partial charge >= 0.3 is 6.18 Å². The third-order valence-electron chi connectivity index (χ3n) is 5.92. The maximum absolute atomic E-state index is 13.1. The number of fused-ring (bicyclic) bond motifs is 1. The SMILES string of the molecule is CC1CC(C)CN(S(=O)(=O)c2cccc(C(=O)N/C=C/n3cnc4cc(C(F)(F)F)ccc43)c2)C1. The predicted octanol–water partition coefficient (Wildman–Crippen LogP) is 4.58. The van der Waals surface area contributed by atoms with Crippen molar-refractivity contribution in [3.05, 3.63) is 66.1 Å². The Labute approximate surface area is 201 Å². The van der Waals surface area contributed by atoms with Crippen LogP contribution in [0, 0.1) is 11.8 Å². The summed E-state index contributed by atoms with van der Waals surface area (Å²) in [5.41, 5.74) is -0.0355. The number of nitrogens with one attached hydrogen (secondary N) is 1. The number of alkyl halides is 3. The molecule has 2 atom stereocenters. The second kappa shape index (κ2) is 9.46. The molecule has 0 saturated carbocycles. The van der Waals surface area contributed by atoms with Crippen LogP contribution in [0.15, 0.2) is 59.9 Å². The number of hydrogen-bond acceptors (Lipinski definition) is 4. The number of amides is 1. The van der Waals surface area contributed by atoms with Gasteiger partial charge in [0.15, 0.2) is 0 Å². The van der Waals surface area contributed by atoms with E-state index in [2.05, 4.69) is 10.3 Å². The monoisotopic (exact) mass is 506 g/mol. The highest BCUT2D eigenvalue weighted by Gasteiger charge is 2.32. The summed E-state index contributed by atoms with van der Waals surface area (Å²) in [4.78, 5) is 16.7. The first-order valence-corrected chi connectivity index (χ1v) is 12.5. The zero-order valence-corrected chi connectivity index (χ0v) is 20.0. The van der Waals surface area contributed by atoms with Gasteiger partial charge in [-0.2, -0.15) is 17.5 Å². The lowest BCUT2D eigenvalue weighted by Gasteiger charge is -2.34. The van der Waals surface area contributed by atoms with Crippen LogP contribution in [0.4, 0.5) is 13.2 Å². The summed E-state index contributed by atoms with van der Waals surface area (Å²) in [5.74, 6) is -0.0173. The highest BCUT2D eigenvalue weighted by Crippen LogP contribution is 2.31. The van der Waals surface area contributed by atoms with Crippen LogP contribution in [0.1, 0.15) is 36.2 Å². The van der Waals surface area contributed by atoms with Gasteiger partial charge in [0.25, 0.3) is 5.91 Å². The molecule has 1 fully saturated rings. The molecule has 4 rings (SSSR count). The zero-order chi connectivity index (χ0) is 25.4. The van der Waals surface area contributed by atoms with E-state index in [0.717, 1.165) is 18.6 Å². The second-order valence-electron chi connectivity index (χ2n) is 8.94. The smallest absolute Gasteiger partial charge is 0.327 e. The van der Waals surface area contributed by atoms with E-state index >= 15 is 0 Å². The van der Waals surface area contributed by atoms with E-state index in [4.69, 9.17) is 0 Å². The lowest BCUT2D eigenvalue weighted by molar-refractivity contribution is -0.137. The van der Waals surface area contributed by atoms with Crippen LogP contribution in [-0.4, -0.2) is 41.3 Å². The molecule has 1 aromatic heterocycles. The maximum atomic E-state index is 13.1. The molecule has 1 N–H and O–H groups in total. The van der Waals surface area contributed by atoms with Gasteiger partial charge in [-0.25, -0.2) is 13.4 Å². The van der Waals surface area contributed by atoms with E-state index in [1.807, 2.05) is 13.8 Å². The van der Waals surface area contributed by atoms with Gasteiger partial charge in [0.2, 0.25) is 10.0 Å². The molecular formula is C24H25F3N4O3S. The zero-order valence-electron chi connectivity index (χ0n) is 19.2. The molecule has 1 amide bonds. The third kappa shape index (κ3) is 5.40. The average molecular weight is 507 g/mol. The van der Waals surface area contributed by atoms with E-state index in [9.17, 15) is 26.4 Å². The third-order valence-corrected chi connectivity index (χ3v) is 7.75. The summed E-state index contributed by atoms with van der Waals surface area (Å²) in [5, 5.41) is 2.55. The quantitative estimate of drug-likeness (QED) is 0.549. The van der Waals surface area contributed by atoms with Gasteiger partial charge in [-0.1, -0.05) is 19.9 Å². The topological polar surface area (TPSA) is 84.3 Å². The highest BCUT2D eigenvalue weighted by atomic mass is 32.2. The molecule has 0 spiro atoms. The van der Waals surface area contributed by atoms with E-state index < -0.39 is 27.7 Å². The Hall–Kier alpha value is -3.18. The van der Waals surface area contributed by atoms with Crippen molar-refractivity contribution in [2.75, 3.05) is 13.1 Å². The van der Waals surface area contributed by atoms with Crippen LogP contribution in [0.2, 0.25) is 0 Å².